The number of hydrogen-bond donors (Lipinski definition) is 1. The predicted molar refractivity (Wildman–Crippen MR) is 96.5 cm³/mol. The smallest absolute Gasteiger partial charge is 0.232 e. The standard InChI is InChI=1S/C18H20N4O3S/c1-22-14(23)10-12(15(22)11-6-3-2-4-7-11)16(24)19-18-21-20-17(26-18)13-8-5-9-25-13/h2-4,6-7,12-13,15H,5,8-10H2,1H3,(H,19,21,24)/t12-,13-,15+/m0/s1. The Hall–Kier alpha value is -2.32. The fraction of sp³-hybridized carbons (Fsp3) is 0.444. The van der Waals surface area contributed by atoms with Crippen LogP contribution in [-0.2, 0) is 14.3 Å². The van der Waals surface area contributed by atoms with Crippen molar-refractivity contribution in [3.8, 4) is 0 Å². The minimum atomic E-state index is -0.454. The Kier molecular flexibility index (Phi) is 4.69. The van der Waals surface area contributed by atoms with Crippen LogP contribution in [0.25, 0.3) is 0 Å². The fourth-order valence-electron chi connectivity index (χ4n) is 3.60. The molecule has 136 valence electrons. The number of amides is 2. The number of carbonyl (C=O) groups is 2. The van der Waals surface area contributed by atoms with Crippen molar-refractivity contribution in [3.05, 3.63) is 40.9 Å². The minimum Gasteiger partial charge on any atom is -0.371 e. The number of hydrogen-bond acceptors (Lipinski definition) is 6. The second-order valence-electron chi connectivity index (χ2n) is 6.61. The van der Waals surface area contributed by atoms with Crippen LogP contribution in [0.1, 0.15) is 42.0 Å². The van der Waals surface area contributed by atoms with Crippen molar-refractivity contribution in [2.45, 2.75) is 31.4 Å². The van der Waals surface area contributed by atoms with Gasteiger partial charge in [-0.3, -0.25) is 9.59 Å². The van der Waals surface area contributed by atoms with Crippen LogP contribution in [0.5, 0.6) is 0 Å². The van der Waals surface area contributed by atoms with Crippen molar-refractivity contribution in [1.29, 1.82) is 0 Å². The van der Waals surface area contributed by atoms with Gasteiger partial charge in [0.1, 0.15) is 11.1 Å². The molecule has 2 saturated heterocycles. The monoisotopic (exact) mass is 372 g/mol. The van der Waals surface area contributed by atoms with Crippen LogP contribution < -0.4 is 5.32 Å². The average molecular weight is 372 g/mol. The zero-order chi connectivity index (χ0) is 18.1. The molecule has 0 saturated carbocycles. The van der Waals surface area contributed by atoms with Crippen LogP contribution in [-0.4, -0.2) is 40.6 Å². The van der Waals surface area contributed by atoms with E-state index in [-0.39, 0.29) is 30.4 Å². The van der Waals surface area contributed by atoms with Crippen LogP contribution in [0.4, 0.5) is 5.13 Å². The summed E-state index contributed by atoms with van der Waals surface area (Å²) in [6.45, 7) is 0.737. The molecule has 0 unspecified atom stereocenters. The van der Waals surface area contributed by atoms with Gasteiger partial charge in [0.2, 0.25) is 16.9 Å². The van der Waals surface area contributed by atoms with Crippen molar-refractivity contribution in [2.75, 3.05) is 19.0 Å². The maximum Gasteiger partial charge on any atom is 0.232 e. The summed E-state index contributed by atoms with van der Waals surface area (Å²) in [4.78, 5) is 26.7. The van der Waals surface area contributed by atoms with Gasteiger partial charge >= 0.3 is 0 Å². The Balaban J connectivity index is 1.50. The van der Waals surface area contributed by atoms with Gasteiger partial charge < -0.3 is 15.0 Å². The molecule has 2 fully saturated rings. The summed E-state index contributed by atoms with van der Waals surface area (Å²) in [5.41, 5.74) is 0.957. The summed E-state index contributed by atoms with van der Waals surface area (Å²) in [5.74, 6) is -0.687. The molecule has 1 N–H and O–H groups in total. The number of anilines is 1. The maximum absolute atomic E-state index is 12.8. The highest BCUT2D eigenvalue weighted by Gasteiger charge is 2.42. The van der Waals surface area contributed by atoms with Gasteiger partial charge in [0, 0.05) is 20.1 Å². The largest absolute Gasteiger partial charge is 0.371 e. The fourth-order valence-corrected chi connectivity index (χ4v) is 4.43. The molecule has 7 nitrogen and oxygen atoms in total. The van der Waals surface area contributed by atoms with Crippen LogP contribution in [0.3, 0.4) is 0 Å². The van der Waals surface area contributed by atoms with Gasteiger partial charge in [-0.15, -0.1) is 10.2 Å². The number of nitrogens with zero attached hydrogens (tertiary/aromatic N) is 3. The molecule has 1 aromatic heterocycles. The van der Waals surface area contributed by atoms with E-state index in [1.54, 1.807) is 11.9 Å². The normalized spacial score (nSPS) is 25.7. The molecule has 2 aliphatic heterocycles. The quantitative estimate of drug-likeness (QED) is 0.892. The first-order chi connectivity index (χ1) is 12.6. The summed E-state index contributed by atoms with van der Waals surface area (Å²) >= 11 is 1.34. The van der Waals surface area contributed by atoms with E-state index in [2.05, 4.69) is 15.5 Å². The number of ether oxygens (including phenoxy) is 1. The first-order valence-electron chi connectivity index (χ1n) is 8.70. The highest BCUT2D eigenvalue weighted by molar-refractivity contribution is 7.15. The third-order valence-corrected chi connectivity index (χ3v) is 5.87. The average Bonchev–Trinajstić information content (AvgIpc) is 3.37. The molecule has 2 aliphatic rings. The van der Waals surface area contributed by atoms with Gasteiger partial charge in [0.05, 0.1) is 12.0 Å². The van der Waals surface area contributed by atoms with E-state index in [4.69, 9.17) is 4.74 Å². The molecule has 1 aromatic carbocycles. The molecule has 3 heterocycles. The molecule has 8 heteroatoms. The third kappa shape index (κ3) is 3.22. The topological polar surface area (TPSA) is 84.4 Å². The SMILES string of the molecule is CN1C(=O)C[C@H](C(=O)Nc2nnc([C@@H]3CCCO3)s2)[C@H]1c1ccccc1. The van der Waals surface area contributed by atoms with Gasteiger partial charge in [-0.1, -0.05) is 41.7 Å². The number of likely N-dealkylation sites (tertiary alicyclic amines) is 1. The van der Waals surface area contributed by atoms with Crippen LogP contribution >= 0.6 is 11.3 Å². The van der Waals surface area contributed by atoms with Crippen molar-refractivity contribution in [2.24, 2.45) is 5.92 Å². The second kappa shape index (κ2) is 7.13. The molecule has 0 spiro atoms. The molecule has 3 atom stereocenters. The van der Waals surface area contributed by atoms with E-state index in [1.165, 1.54) is 11.3 Å². The molecule has 2 amide bonds. The van der Waals surface area contributed by atoms with Gasteiger partial charge in [-0.05, 0) is 18.4 Å². The second-order valence-corrected chi connectivity index (χ2v) is 7.62. The highest BCUT2D eigenvalue weighted by atomic mass is 32.1. The lowest BCUT2D eigenvalue weighted by Crippen LogP contribution is -2.29. The summed E-state index contributed by atoms with van der Waals surface area (Å²) in [6, 6.07) is 9.37. The van der Waals surface area contributed by atoms with Crippen LogP contribution in [0, 0.1) is 5.92 Å². The van der Waals surface area contributed by atoms with Crippen LogP contribution in [0.15, 0.2) is 30.3 Å². The number of aromatic nitrogens is 2. The van der Waals surface area contributed by atoms with E-state index < -0.39 is 5.92 Å². The van der Waals surface area contributed by atoms with E-state index in [0.717, 1.165) is 30.0 Å². The van der Waals surface area contributed by atoms with Gasteiger partial charge in [-0.2, -0.15) is 0 Å². The summed E-state index contributed by atoms with van der Waals surface area (Å²) in [7, 11) is 1.74. The highest BCUT2D eigenvalue weighted by Crippen LogP contribution is 2.38. The molecule has 0 aliphatic carbocycles. The Bertz CT molecular complexity index is 804. The lowest BCUT2D eigenvalue weighted by Gasteiger charge is -2.24. The molecule has 0 bridgehead atoms. The van der Waals surface area contributed by atoms with Crippen molar-refractivity contribution >= 4 is 28.3 Å². The third-order valence-electron chi connectivity index (χ3n) is 4.94. The van der Waals surface area contributed by atoms with E-state index in [0.29, 0.717) is 5.13 Å². The minimum absolute atomic E-state index is 0.0191. The Morgan fingerprint density at radius 2 is 2.12 bits per heavy atom. The number of nitrogens with one attached hydrogen (secondary N) is 1. The maximum atomic E-state index is 12.8. The molecule has 4 rings (SSSR count). The zero-order valence-corrected chi connectivity index (χ0v) is 15.2. The van der Waals surface area contributed by atoms with E-state index in [9.17, 15) is 9.59 Å². The van der Waals surface area contributed by atoms with E-state index >= 15 is 0 Å². The van der Waals surface area contributed by atoms with Gasteiger partial charge in [0.15, 0.2) is 0 Å². The van der Waals surface area contributed by atoms with Crippen molar-refractivity contribution in [1.82, 2.24) is 15.1 Å². The number of benzene rings is 1. The Morgan fingerprint density at radius 3 is 2.85 bits per heavy atom. The Labute approximate surface area is 155 Å². The van der Waals surface area contributed by atoms with Crippen molar-refractivity contribution in [3.63, 3.8) is 0 Å². The van der Waals surface area contributed by atoms with Gasteiger partial charge in [0.25, 0.3) is 0 Å². The predicted octanol–water partition coefficient (Wildman–Crippen LogP) is 2.55. The van der Waals surface area contributed by atoms with Crippen LogP contribution in [0.2, 0.25) is 0 Å². The van der Waals surface area contributed by atoms with Gasteiger partial charge in [-0.25, -0.2) is 0 Å². The zero-order valence-electron chi connectivity index (χ0n) is 14.4. The number of rotatable bonds is 4. The summed E-state index contributed by atoms with van der Waals surface area (Å²) in [5, 5.41) is 12.3. The Morgan fingerprint density at radius 1 is 1.31 bits per heavy atom. The molecule has 26 heavy (non-hydrogen) atoms. The molecule has 2 aromatic rings. The molecular formula is C18H20N4O3S. The molecular weight excluding hydrogens is 352 g/mol. The van der Waals surface area contributed by atoms with Crippen molar-refractivity contribution < 1.29 is 14.3 Å². The lowest BCUT2D eigenvalue weighted by atomic mass is 9.93. The van der Waals surface area contributed by atoms with E-state index in [1.807, 2.05) is 30.3 Å². The first kappa shape index (κ1) is 17.1. The summed E-state index contributed by atoms with van der Waals surface area (Å²) < 4.78 is 5.60. The first-order valence-corrected chi connectivity index (χ1v) is 9.51. The lowest BCUT2D eigenvalue weighted by molar-refractivity contribution is -0.127. The summed E-state index contributed by atoms with van der Waals surface area (Å²) in [6.07, 6.45) is 2.12. The molecule has 0 radical (unpaired) electrons. The number of carbonyl (C=O) groups excluding carboxylic acids is 2.